The van der Waals surface area contributed by atoms with Crippen LogP contribution in [-0.4, -0.2) is 25.7 Å². The summed E-state index contributed by atoms with van der Waals surface area (Å²) in [5.74, 6) is 2.29. The highest BCUT2D eigenvalue weighted by molar-refractivity contribution is 5.93. The first-order chi connectivity index (χ1) is 14.8. The maximum Gasteiger partial charge on any atom is 0.156 e. The number of allylic oxidation sites excluding steroid dienone is 4. The van der Waals surface area contributed by atoms with Crippen LogP contribution in [0, 0.1) is 17.8 Å². The van der Waals surface area contributed by atoms with Crippen molar-refractivity contribution in [2.45, 2.75) is 71.1 Å². The minimum Gasteiger partial charge on any atom is -0.378 e. The van der Waals surface area contributed by atoms with Gasteiger partial charge in [0.25, 0.3) is 0 Å². The number of rotatable bonds is 3. The van der Waals surface area contributed by atoms with Gasteiger partial charge in [0, 0.05) is 38.0 Å². The lowest BCUT2D eigenvalue weighted by atomic mass is 9.65. The van der Waals surface area contributed by atoms with E-state index in [1.807, 2.05) is 6.08 Å². The number of anilines is 1. The van der Waals surface area contributed by atoms with Gasteiger partial charge in [-0.25, -0.2) is 0 Å². The van der Waals surface area contributed by atoms with Crippen molar-refractivity contribution in [1.29, 1.82) is 0 Å². The fourth-order valence-corrected chi connectivity index (χ4v) is 6.16. The third-order valence-corrected chi connectivity index (χ3v) is 8.04. The first-order valence-corrected chi connectivity index (χ1v) is 12.1. The quantitative estimate of drug-likeness (QED) is 0.581. The van der Waals surface area contributed by atoms with Crippen LogP contribution in [0.3, 0.4) is 0 Å². The summed E-state index contributed by atoms with van der Waals surface area (Å²) in [6.45, 7) is 4.17. The molecule has 0 N–H and O–H groups in total. The number of carbonyl (C=O) groups is 2. The van der Waals surface area contributed by atoms with E-state index in [1.165, 1.54) is 22.4 Å². The van der Waals surface area contributed by atoms with Crippen LogP contribution in [0.2, 0.25) is 0 Å². The lowest BCUT2D eigenvalue weighted by Gasteiger charge is -2.39. The van der Waals surface area contributed by atoms with Gasteiger partial charge in [-0.05, 0) is 98.6 Å². The minimum absolute atomic E-state index is 0.180. The van der Waals surface area contributed by atoms with Gasteiger partial charge < -0.3 is 4.90 Å². The van der Waals surface area contributed by atoms with Gasteiger partial charge in [-0.3, -0.25) is 9.59 Å². The van der Waals surface area contributed by atoms with Gasteiger partial charge in [0.1, 0.15) is 5.78 Å². The SMILES string of the molecule is CC(=O)C1CCC(c2ccc(N(C)C)cc2)C2=C3CCC(=O)C=C3CC[C@H]2[C@@H](C)CC1. The second-order valence-corrected chi connectivity index (χ2v) is 10.2. The number of fused-ring (bicyclic) bond motifs is 2. The van der Waals surface area contributed by atoms with Gasteiger partial charge in [-0.15, -0.1) is 0 Å². The molecule has 0 saturated heterocycles. The number of hydrogen-bond donors (Lipinski definition) is 0. The zero-order valence-corrected chi connectivity index (χ0v) is 19.6. The van der Waals surface area contributed by atoms with Crippen molar-refractivity contribution in [3.05, 3.63) is 52.6 Å². The van der Waals surface area contributed by atoms with E-state index >= 15 is 0 Å². The zero-order valence-electron chi connectivity index (χ0n) is 19.6. The predicted molar refractivity (Wildman–Crippen MR) is 127 cm³/mol. The molecule has 0 aromatic heterocycles. The molecule has 0 heterocycles. The normalized spacial score (nSPS) is 29.2. The Balaban J connectivity index is 1.82. The number of nitrogens with zero attached hydrogens (tertiary/aromatic N) is 1. The van der Waals surface area contributed by atoms with Gasteiger partial charge >= 0.3 is 0 Å². The molecule has 1 aromatic carbocycles. The third-order valence-electron chi connectivity index (χ3n) is 8.04. The number of hydrogen-bond acceptors (Lipinski definition) is 3. The number of Topliss-reactive ketones (excluding diaryl/α,β-unsaturated/α-hetero) is 1. The maximum absolute atomic E-state index is 12.4. The van der Waals surface area contributed by atoms with Gasteiger partial charge in [0.15, 0.2) is 5.78 Å². The number of carbonyl (C=O) groups excluding carboxylic acids is 2. The Morgan fingerprint density at radius 3 is 2.32 bits per heavy atom. The summed E-state index contributed by atoms with van der Waals surface area (Å²) < 4.78 is 0. The smallest absolute Gasteiger partial charge is 0.156 e. The van der Waals surface area contributed by atoms with Crippen LogP contribution in [0.4, 0.5) is 5.69 Å². The average molecular weight is 420 g/mol. The fourth-order valence-electron chi connectivity index (χ4n) is 6.16. The summed E-state index contributed by atoms with van der Waals surface area (Å²) in [5.41, 5.74) is 6.95. The van der Waals surface area contributed by atoms with Gasteiger partial charge in [0.05, 0.1) is 0 Å². The van der Waals surface area contributed by atoms with E-state index in [-0.39, 0.29) is 11.7 Å². The highest BCUT2D eigenvalue weighted by Crippen LogP contribution is 2.50. The molecular weight excluding hydrogens is 382 g/mol. The average Bonchev–Trinajstić information content (AvgIpc) is 2.81. The summed E-state index contributed by atoms with van der Waals surface area (Å²) >= 11 is 0. The van der Waals surface area contributed by atoms with E-state index < -0.39 is 0 Å². The Morgan fingerprint density at radius 1 is 0.935 bits per heavy atom. The Kier molecular flexibility index (Phi) is 6.50. The van der Waals surface area contributed by atoms with Gasteiger partial charge in [0.2, 0.25) is 0 Å². The van der Waals surface area contributed by atoms with Crippen LogP contribution in [-0.2, 0) is 9.59 Å². The molecule has 0 spiro atoms. The zero-order chi connectivity index (χ0) is 22.1. The van der Waals surface area contributed by atoms with Crippen molar-refractivity contribution < 1.29 is 9.59 Å². The highest BCUT2D eigenvalue weighted by atomic mass is 16.1. The monoisotopic (exact) mass is 419 g/mol. The van der Waals surface area contributed by atoms with Crippen molar-refractivity contribution in [1.82, 2.24) is 0 Å². The summed E-state index contributed by atoms with van der Waals surface area (Å²) in [6, 6.07) is 9.03. The maximum atomic E-state index is 12.4. The van der Waals surface area contributed by atoms with E-state index in [1.54, 1.807) is 12.5 Å². The lowest BCUT2D eigenvalue weighted by molar-refractivity contribution is -0.121. The molecule has 3 aliphatic rings. The molecule has 1 fully saturated rings. The van der Waals surface area contributed by atoms with E-state index in [4.69, 9.17) is 0 Å². The van der Waals surface area contributed by atoms with Crippen LogP contribution in [0.25, 0.3) is 0 Å². The summed E-state index contributed by atoms with van der Waals surface area (Å²) in [6.07, 6.45) is 9.76. The third kappa shape index (κ3) is 4.56. The van der Waals surface area contributed by atoms with Crippen molar-refractivity contribution in [2.75, 3.05) is 19.0 Å². The molecule has 0 amide bonds. The largest absolute Gasteiger partial charge is 0.378 e. The Morgan fingerprint density at radius 2 is 1.65 bits per heavy atom. The van der Waals surface area contributed by atoms with Crippen LogP contribution >= 0.6 is 0 Å². The lowest BCUT2D eigenvalue weighted by Crippen LogP contribution is -2.26. The van der Waals surface area contributed by atoms with Crippen molar-refractivity contribution >= 4 is 17.3 Å². The summed E-state index contributed by atoms with van der Waals surface area (Å²) in [4.78, 5) is 26.6. The molecule has 1 saturated carbocycles. The van der Waals surface area contributed by atoms with Crippen molar-refractivity contribution in [3.8, 4) is 0 Å². The van der Waals surface area contributed by atoms with E-state index in [2.05, 4.69) is 50.2 Å². The molecule has 4 atom stereocenters. The minimum atomic E-state index is 0.180. The van der Waals surface area contributed by atoms with Crippen LogP contribution in [0.15, 0.2) is 47.1 Å². The molecule has 0 radical (unpaired) electrons. The van der Waals surface area contributed by atoms with Crippen molar-refractivity contribution in [2.24, 2.45) is 17.8 Å². The van der Waals surface area contributed by atoms with E-state index in [0.717, 1.165) is 44.9 Å². The Bertz CT molecular complexity index is 905. The standard InChI is InChI=1S/C28H37NO2/c1-18-5-6-20(19(2)30)9-15-26(21-7-11-23(12-8-21)29(3)4)28-25(18)14-10-22-17-24(31)13-16-27(22)28/h7-8,11-12,17-18,20,25-26H,5-6,9-10,13-16H2,1-4H3/t18-,20?,25-,26?/m0/s1. The Labute approximate surface area is 187 Å². The van der Waals surface area contributed by atoms with Gasteiger partial charge in [-0.1, -0.05) is 24.6 Å². The highest BCUT2D eigenvalue weighted by Gasteiger charge is 2.37. The number of benzene rings is 1. The van der Waals surface area contributed by atoms with E-state index in [9.17, 15) is 9.59 Å². The molecule has 31 heavy (non-hydrogen) atoms. The van der Waals surface area contributed by atoms with Gasteiger partial charge in [-0.2, -0.15) is 0 Å². The molecule has 1 aromatic rings. The summed E-state index contributed by atoms with van der Waals surface area (Å²) in [5, 5.41) is 0. The molecule has 166 valence electrons. The van der Waals surface area contributed by atoms with Crippen molar-refractivity contribution in [3.63, 3.8) is 0 Å². The molecule has 2 unspecified atom stereocenters. The Hall–Kier alpha value is -2.16. The molecule has 3 aliphatic carbocycles. The second kappa shape index (κ2) is 9.14. The molecule has 0 aliphatic heterocycles. The molecule has 3 nitrogen and oxygen atoms in total. The fraction of sp³-hybridized carbons (Fsp3) is 0.571. The molecular formula is C28H37NO2. The van der Waals surface area contributed by atoms with Crippen LogP contribution < -0.4 is 4.90 Å². The first-order valence-electron chi connectivity index (χ1n) is 12.1. The van der Waals surface area contributed by atoms with Crippen LogP contribution in [0.5, 0.6) is 0 Å². The molecule has 4 rings (SSSR count). The number of ketones is 2. The molecule has 0 bridgehead atoms. The van der Waals surface area contributed by atoms with E-state index in [0.29, 0.717) is 30.0 Å². The molecule has 3 heteroatoms. The van der Waals surface area contributed by atoms with Crippen LogP contribution in [0.1, 0.15) is 76.7 Å². The summed E-state index contributed by atoms with van der Waals surface area (Å²) in [7, 11) is 4.15. The predicted octanol–water partition coefficient (Wildman–Crippen LogP) is 6.25. The first kappa shape index (κ1) is 22.0. The topological polar surface area (TPSA) is 37.4 Å². The second-order valence-electron chi connectivity index (χ2n) is 10.2.